The Morgan fingerprint density at radius 2 is 2.21 bits per heavy atom. The van der Waals surface area contributed by atoms with Gasteiger partial charge in [0.25, 0.3) is 5.69 Å². The third kappa shape index (κ3) is 3.09. The average Bonchev–Trinajstić information content (AvgIpc) is 2.80. The normalized spacial score (nSPS) is 19.5. The molecule has 1 aliphatic rings. The highest BCUT2D eigenvalue weighted by atomic mass is 32.2. The van der Waals surface area contributed by atoms with Crippen LogP contribution < -0.4 is 10.0 Å². The second-order valence-corrected chi connectivity index (χ2v) is 6.23. The molecule has 0 bridgehead atoms. The molecule has 8 heteroatoms. The Morgan fingerprint density at radius 1 is 1.47 bits per heavy atom. The largest absolute Gasteiger partial charge is 0.315 e. The predicted octanol–water partition coefficient (Wildman–Crippen LogP) is 0.543. The van der Waals surface area contributed by atoms with Gasteiger partial charge in [-0.25, -0.2) is 13.1 Å². The molecule has 0 amide bonds. The number of nitro groups is 1. The number of nitro benzene ring substituents is 1. The standard InChI is InChI=1S/C11H15N3O4S/c1-8-2-3-10(6-11(8)14(15)16)19(17,18)13-9-4-5-12-7-9/h2-3,6,9,12-13H,4-5,7H2,1H3/t9-/m0/s1. The van der Waals surface area contributed by atoms with Gasteiger partial charge in [0.05, 0.1) is 9.82 Å². The van der Waals surface area contributed by atoms with Crippen molar-refractivity contribution >= 4 is 15.7 Å². The molecule has 0 spiro atoms. The summed E-state index contributed by atoms with van der Waals surface area (Å²) in [5.41, 5.74) is 0.249. The molecule has 19 heavy (non-hydrogen) atoms. The maximum absolute atomic E-state index is 12.1. The SMILES string of the molecule is Cc1ccc(S(=O)(=O)N[C@H]2CCNC2)cc1[N+](=O)[O-]. The first kappa shape index (κ1) is 13.9. The Hall–Kier alpha value is -1.51. The van der Waals surface area contributed by atoms with Gasteiger partial charge in [0, 0.05) is 24.2 Å². The molecule has 0 unspecified atom stereocenters. The highest BCUT2D eigenvalue weighted by Crippen LogP contribution is 2.22. The van der Waals surface area contributed by atoms with Gasteiger partial charge in [-0.15, -0.1) is 0 Å². The third-order valence-corrected chi connectivity index (χ3v) is 4.59. The smallest absolute Gasteiger partial charge is 0.273 e. The first-order chi connectivity index (χ1) is 8.90. The zero-order valence-corrected chi connectivity index (χ0v) is 11.2. The van der Waals surface area contributed by atoms with Crippen LogP contribution in [0.5, 0.6) is 0 Å². The molecule has 1 fully saturated rings. The van der Waals surface area contributed by atoms with Crippen LogP contribution in [0.1, 0.15) is 12.0 Å². The fourth-order valence-corrected chi connectivity index (χ4v) is 3.29. The van der Waals surface area contributed by atoms with Gasteiger partial charge in [0.1, 0.15) is 0 Å². The van der Waals surface area contributed by atoms with Crippen LogP contribution in [-0.2, 0) is 10.0 Å². The van der Waals surface area contributed by atoms with Gasteiger partial charge in [0.15, 0.2) is 0 Å². The van der Waals surface area contributed by atoms with Crippen LogP contribution in [0.25, 0.3) is 0 Å². The van der Waals surface area contributed by atoms with E-state index in [4.69, 9.17) is 0 Å². The van der Waals surface area contributed by atoms with E-state index in [1.807, 2.05) is 0 Å². The summed E-state index contributed by atoms with van der Waals surface area (Å²) in [5, 5.41) is 13.9. The lowest BCUT2D eigenvalue weighted by molar-refractivity contribution is -0.385. The summed E-state index contributed by atoms with van der Waals surface area (Å²) in [6.07, 6.45) is 0.715. The zero-order chi connectivity index (χ0) is 14.0. The molecule has 2 rings (SSSR count). The van der Waals surface area contributed by atoms with Crippen LogP contribution in [0.2, 0.25) is 0 Å². The lowest BCUT2D eigenvalue weighted by Crippen LogP contribution is -2.36. The molecule has 0 aliphatic carbocycles. The van der Waals surface area contributed by atoms with E-state index in [2.05, 4.69) is 10.0 Å². The molecule has 0 aromatic heterocycles. The highest BCUT2D eigenvalue weighted by molar-refractivity contribution is 7.89. The minimum absolute atomic E-state index is 0.0725. The average molecular weight is 285 g/mol. The number of benzene rings is 1. The number of sulfonamides is 1. The van der Waals surface area contributed by atoms with Crippen LogP contribution in [0.15, 0.2) is 23.1 Å². The van der Waals surface area contributed by atoms with Gasteiger partial charge in [-0.05, 0) is 26.0 Å². The van der Waals surface area contributed by atoms with E-state index in [1.165, 1.54) is 12.1 Å². The fourth-order valence-electron chi connectivity index (χ4n) is 2.00. The number of aryl methyl sites for hydroxylation is 1. The minimum Gasteiger partial charge on any atom is -0.315 e. The zero-order valence-electron chi connectivity index (χ0n) is 10.4. The van der Waals surface area contributed by atoms with Crippen LogP contribution in [0, 0.1) is 17.0 Å². The summed E-state index contributed by atoms with van der Waals surface area (Å²) < 4.78 is 26.8. The van der Waals surface area contributed by atoms with Gasteiger partial charge < -0.3 is 5.32 Å². The van der Waals surface area contributed by atoms with E-state index >= 15 is 0 Å². The van der Waals surface area contributed by atoms with Gasteiger partial charge >= 0.3 is 0 Å². The summed E-state index contributed by atoms with van der Waals surface area (Å²) in [6, 6.07) is 3.76. The number of hydrogen-bond acceptors (Lipinski definition) is 5. The highest BCUT2D eigenvalue weighted by Gasteiger charge is 2.24. The third-order valence-electron chi connectivity index (χ3n) is 3.07. The van der Waals surface area contributed by atoms with Crippen molar-refractivity contribution in [1.82, 2.24) is 10.0 Å². The molecule has 7 nitrogen and oxygen atoms in total. The maximum atomic E-state index is 12.1. The van der Waals surface area contributed by atoms with Crippen molar-refractivity contribution in [2.75, 3.05) is 13.1 Å². The Bertz CT molecular complexity index is 594. The first-order valence-electron chi connectivity index (χ1n) is 5.88. The number of rotatable bonds is 4. The van der Waals surface area contributed by atoms with E-state index in [0.717, 1.165) is 12.6 Å². The lowest BCUT2D eigenvalue weighted by atomic mass is 10.2. The molecule has 0 radical (unpaired) electrons. The monoisotopic (exact) mass is 285 g/mol. The summed E-state index contributed by atoms with van der Waals surface area (Å²) in [7, 11) is -3.71. The van der Waals surface area contributed by atoms with Gasteiger partial charge in [-0.3, -0.25) is 10.1 Å². The van der Waals surface area contributed by atoms with Crippen molar-refractivity contribution < 1.29 is 13.3 Å². The van der Waals surface area contributed by atoms with Gasteiger partial charge in [-0.2, -0.15) is 0 Å². The molecule has 2 N–H and O–H groups in total. The molecule has 1 heterocycles. The van der Waals surface area contributed by atoms with Crippen molar-refractivity contribution in [1.29, 1.82) is 0 Å². The Balaban J connectivity index is 2.29. The molecule has 1 aromatic carbocycles. The predicted molar refractivity (Wildman–Crippen MR) is 69.4 cm³/mol. The van der Waals surface area contributed by atoms with Crippen molar-refractivity contribution in [3.63, 3.8) is 0 Å². The summed E-state index contributed by atoms with van der Waals surface area (Å²) in [6.45, 7) is 2.91. The summed E-state index contributed by atoms with van der Waals surface area (Å²) >= 11 is 0. The van der Waals surface area contributed by atoms with E-state index < -0.39 is 14.9 Å². The van der Waals surface area contributed by atoms with Crippen LogP contribution >= 0.6 is 0 Å². The Morgan fingerprint density at radius 3 is 2.79 bits per heavy atom. The molecule has 1 saturated heterocycles. The first-order valence-corrected chi connectivity index (χ1v) is 7.36. The van der Waals surface area contributed by atoms with Gasteiger partial charge in [-0.1, -0.05) is 6.07 Å². The van der Waals surface area contributed by atoms with Crippen LogP contribution in [-0.4, -0.2) is 32.5 Å². The molecular formula is C11H15N3O4S. The van der Waals surface area contributed by atoms with Crippen molar-refractivity contribution in [3.8, 4) is 0 Å². The van der Waals surface area contributed by atoms with E-state index in [-0.39, 0.29) is 16.6 Å². The molecule has 0 saturated carbocycles. The second kappa shape index (κ2) is 5.24. The van der Waals surface area contributed by atoms with Crippen molar-refractivity contribution in [2.45, 2.75) is 24.3 Å². The molecule has 1 aliphatic heterocycles. The fraction of sp³-hybridized carbons (Fsp3) is 0.455. The quantitative estimate of drug-likeness (QED) is 0.621. The second-order valence-electron chi connectivity index (χ2n) is 4.52. The van der Waals surface area contributed by atoms with Crippen LogP contribution in [0.3, 0.4) is 0 Å². The molecule has 1 aromatic rings. The topological polar surface area (TPSA) is 101 Å². The summed E-state index contributed by atoms with van der Waals surface area (Å²) in [5.74, 6) is 0. The Labute approximate surface area is 111 Å². The van der Waals surface area contributed by atoms with Crippen molar-refractivity contribution in [3.05, 3.63) is 33.9 Å². The van der Waals surface area contributed by atoms with E-state index in [0.29, 0.717) is 18.5 Å². The number of hydrogen-bond donors (Lipinski definition) is 2. The summed E-state index contributed by atoms with van der Waals surface area (Å²) in [4.78, 5) is 10.2. The Kier molecular flexibility index (Phi) is 3.83. The van der Waals surface area contributed by atoms with Gasteiger partial charge in [0.2, 0.25) is 10.0 Å². The minimum atomic E-state index is -3.71. The van der Waals surface area contributed by atoms with Crippen molar-refractivity contribution in [2.24, 2.45) is 0 Å². The molecule has 1 atom stereocenters. The number of nitrogens with zero attached hydrogens (tertiary/aromatic N) is 1. The van der Waals surface area contributed by atoms with E-state index in [1.54, 1.807) is 6.92 Å². The van der Waals surface area contributed by atoms with Crippen LogP contribution in [0.4, 0.5) is 5.69 Å². The molecule has 104 valence electrons. The maximum Gasteiger partial charge on any atom is 0.273 e. The van der Waals surface area contributed by atoms with E-state index in [9.17, 15) is 18.5 Å². The number of nitrogens with one attached hydrogen (secondary N) is 2. The molecular weight excluding hydrogens is 270 g/mol. The lowest BCUT2D eigenvalue weighted by Gasteiger charge is -2.12.